The Balaban J connectivity index is 2.29. The summed E-state index contributed by atoms with van der Waals surface area (Å²) in [5.74, 6) is 0.292. The van der Waals surface area contributed by atoms with Gasteiger partial charge in [0.05, 0.1) is 7.11 Å². The SMILES string of the molecule is CCC(C)(OC)c1noc(C(C(=O)OC)C2CCCC2)n1. The van der Waals surface area contributed by atoms with Gasteiger partial charge in [-0.3, -0.25) is 4.79 Å². The van der Waals surface area contributed by atoms with Crippen LogP contribution in [-0.2, 0) is 19.9 Å². The average Bonchev–Trinajstić information content (AvgIpc) is 3.19. The van der Waals surface area contributed by atoms with Gasteiger partial charge in [0.2, 0.25) is 11.7 Å². The fraction of sp³-hybridized carbons (Fsp3) is 0.800. The maximum atomic E-state index is 12.1. The first kappa shape index (κ1) is 15.9. The molecule has 0 saturated heterocycles. The van der Waals surface area contributed by atoms with Gasteiger partial charge in [-0.25, -0.2) is 0 Å². The second kappa shape index (κ2) is 6.56. The second-order valence-corrected chi connectivity index (χ2v) is 5.79. The van der Waals surface area contributed by atoms with Gasteiger partial charge in [-0.1, -0.05) is 24.9 Å². The number of nitrogens with zero attached hydrogens (tertiary/aromatic N) is 2. The maximum absolute atomic E-state index is 12.1. The molecular formula is C15H24N2O4. The summed E-state index contributed by atoms with van der Waals surface area (Å²) in [5.41, 5.74) is -0.599. The van der Waals surface area contributed by atoms with E-state index < -0.39 is 11.5 Å². The lowest BCUT2D eigenvalue weighted by Gasteiger charge is -2.22. The smallest absolute Gasteiger partial charge is 0.318 e. The molecule has 0 spiro atoms. The van der Waals surface area contributed by atoms with Crippen LogP contribution < -0.4 is 0 Å². The van der Waals surface area contributed by atoms with E-state index in [2.05, 4.69) is 10.1 Å². The predicted molar refractivity (Wildman–Crippen MR) is 75.7 cm³/mol. The highest BCUT2D eigenvalue weighted by Crippen LogP contribution is 2.38. The van der Waals surface area contributed by atoms with Gasteiger partial charge < -0.3 is 14.0 Å². The second-order valence-electron chi connectivity index (χ2n) is 5.79. The zero-order valence-corrected chi connectivity index (χ0v) is 13.2. The fourth-order valence-electron chi connectivity index (χ4n) is 2.88. The number of carbonyl (C=O) groups is 1. The van der Waals surface area contributed by atoms with Crippen LogP contribution in [0.25, 0.3) is 0 Å². The molecule has 2 unspecified atom stereocenters. The molecule has 1 aliphatic carbocycles. The van der Waals surface area contributed by atoms with Gasteiger partial charge in [0.25, 0.3) is 0 Å². The van der Waals surface area contributed by atoms with Crippen LogP contribution in [0.15, 0.2) is 4.52 Å². The van der Waals surface area contributed by atoms with Crippen LogP contribution in [-0.4, -0.2) is 30.3 Å². The zero-order valence-electron chi connectivity index (χ0n) is 13.2. The number of carbonyl (C=O) groups excluding carboxylic acids is 1. The minimum Gasteiger partial charge on any atom is -0.468 e. The van der Waals surface area contributed by atoms with Crippen LogP contribution in [0.5, 0.6) is 0 Å². The summed E-state index contributed by atoms with van der Waals surface area (Å²) in [5, 5.41) is 4.02. The van der Waals surface area contributed by atoms with Crippen LogP contribution in [0, 0.1) is 5.92 Å². The molecule has 6 heteroatoms. The van der Waals surface area contributed by atoms with E-state index in [9.17, 15) is 4.79 Å². The summed E-state index contributed by atoms with van der Waals surface area (Å²) in [6.45, 7) is 3.90. The number of esters is 1. The van der Waals surface area contributed by atoms with E-state index in [1.165, 1.54) is 7.11 Å². The largest absolute Gasteiger partial charge is 0.468 e. The summed E-state index contributed by atoms with van der Waals surface area (Å²) in [6, 6.07) is 0. The molecule has 6 nitrogen and oxygen atoms in total. The Morgan fingerprint density at radius 1 is 1.43 bits per heavy atom. The summed E-state index contributed by atoms with van der Waals surface area (Å²) >= 11 is 0. The highest BCUT2D eigenvalue weighted by atomic mass is 16.5. The number of hydrogen-bond donors (Lipinski definition) is 0. The summed E-state index contributed by atoms with van der Waals surface area (Å²) in [7, 11) is 3.02. The average molecular weight is 296 g/mol. The Morgan fingerprint density at radius 2 is 2.10 bits per heavy atom. The molecule has 1 heterocycles. The topological polar surface area (TPSA) is 74.5 Å². The minimum absolute atomic E-state index is 0.223. The fourth-order valence-corrected chi connectivity index (χ4v) is 2.88. The highest BCUT2D eigenvalue weighted by Gasteiger charge is 2.39. The molecule has 0 radical (unpaired) electrons. The van der Waals surface area contributed by atoms with Gasteiger partial charge in [0, 0.05) is 7.11 Å². The molecule has 0 N–H and O–H groups in total. The van der Waals surface area contributed by atoms with Crippen molar-refractivity contribution in [3.8, 4) is 0 Å². The molecule has 2 atom stereocenters. The van der Waals surface area contributed by atoms with E-state index in [0.717, 1.165) is 32.1 Å². The molecule has 2 rings (SSSR count). The third-order valence-corrected chi connectivity index (χ3v) is 4.63. The van der Waals surface area contributed by atoms with Crippen molar-refractivity contribution in [2.24, 2.45) is 5.92 Å². The number of hydrogen-bond acceptors (Lipinski definition) is 6. The molecule has 1 aromatic heterocycles. The molecule has 21 heavy (non-hydrogen) atoms. The highest BCUT2D eigenvalue weighted by molar-refractivity contribution is 5.77. The quantitative estimate of drug-likeness (QED) is 0.751. The molecule has 0 bridgehead atoms. The maximum Gasteiger partial charge on any atom is 0.318 e. The van der Waals surface area contributed by atoms with Crippen molar-refractivity contribution in [1.29, 1.82) is 0 Å². The van der Waals surface area contributed by atoms with Gasteiger partial charge in [0.1, 0.15) is 11.5 Å². The molecule has 1 aliphatic rings. The van der Waals surface area contributed by atoms with Crippen LogP contribution in [0.3, 0.4) is 0 Å². The minimum atomic E-state index is -0.599. The molecule has 1 fully saturated rings. The molecular weight excluding hydrogens is 272 g/mol. The van der Waals surface area contributed by atoms with Crippen LogP contribution >= 0.6 is 0 Å². The van der Waals surface area contributed by atoms with Crippen molar-refractivity contribution in [1.82, 2.24) is 10.1 Å². The van der Waals surface area contributed by atoms with Crippen molar-refractivity contribution < 1.29 is 18.8 Å². The lowest BCUT2D eigenvalue weighted by atomic mass is 9.90. The van der Waals surface area contributed by atoms with Gasteiger partial charge in [-0.2, -0.15) is 4.98 Å². The third-order valence-electron chi connectivity index (χ3n) is 4.63. The Labute approximate surface area is 125 Å². The monoisotopic (exact) mass is 296 g/mol. The van der Waals surface area contributed by atoms with Gasteiger partial charge in [0.15, 0.2) is 0 Å². The lowest BCUT2D eigenvalue weighted by molar-refractivity contribution is -0.144. The molecule has 1 saturated carbocycles. The first-order valence-corrected chi connectivity index (χ1v) is 7.52. The van der Waals surface area contributed by atoms with Crippen molar-refractivity contribution in [3.05, 3.63) is 11.7 Å². The Hall–Kier alpha value is -1.43. The van der Waals surface area contributed by atoms with Crippen molar-refractivity contribution in [3.63, 3.8) is 0 Å². The standard InChI is InChI=1S/C15H24N2O4/c1-5-15(2,20-4)14-16-12(21-17-14)11(13(18)19-3)10-8-6-7-9-10/h10-11H,5-9H2,1-4H3. The number of methoxy groups -OCH3 is 2. The normalized spacial score (nSPS) is 20.2. The van der Waals surface area contributed by atoms with Crippen molar-refractivity contribution in [2.75, 3.05) is 14.2 Å². The van der Waals surface area contributed by atoms with E-state index >= 15 is 0 Å². The van der Waals surface area contributed by atoms with Gasteiger partial charge >= 0.3 is 5.97 Å². The Morgan fingerprint density at radius 3 is 2.62 bits per heavy atom. The van der Waals surface area contributed by atoms with Crippen LogP contribution in [0.4, 0.5) is 0 Å². The Bertz CT molecular complexity index is 476. The number of aromatic nitrogens is 2. The van der Waals surface area contributed by atoms with Gasteiger partial charge in [-0.15, -0.1) is 0 Å². The first-order chi connectivity index (χ1) is 10.1. The molecule has 0 aliphatic heterocycles. The van der Waals surface area contributed by atoms with E-state index in [4.69, 9.17) is 14.0 Å². The predicted octanol–water partition coefficient (Wildman–Crippen LogP) is 2.79. The van der Waals surface area contributed by atoms with E-state index in [0.29, 0.717) is 11.7 Å². The summed E-state index contributed by atoms with van der Waals surface area (Å²) in [4.78, 5) is 16.6. The van der Waals surface area contributed by atoms with Crippen LogP contribution in [0.2, 0.25) is 0 Å². The van der Waals surface area contributed by atoms with E-state index in [1.54, 1.807) is 7.11 Å². The first-order valence-electron chi connectivity index (χ1n) is 7.52. The molecule has 0 aromatic carbocycles. The van der Waals surface area contributed by atoms with Gasteiger partial charge in [-0.05, 0) is 32.1 Å². The molecule has 1 aromatic rings. The number of ether oxygens (including phenoxy) is 2. The molecule has 118 valence electrons. The number of rotatable bonds is 6. The third kappa shape index (κ3) is 3.10. The van der Waals surface area contributed by atoms with Crippen molar-refractivity contribution in [2.45, 2.75) is 57.5 Å². The summed E-state index contributed by atoms with van der Waals surface area (Å²) < 4.78 is 15.8. The van der Waals surface area contributed by atoms with Crippen molar-refractivity contribution >= 4 is 5.97 Å². The molecule has 0 amide bonds. The Kier molecular flexibility index (Phi) is 4.98. The van der Waals surface area contributed by atoms with Crippen LogP contribution in [0.1, 0.15) is 63.6 Å². The zero-order chi connectivity index (χ0) is 15.5. The van der Waals surface area contributed by atoms with E-state index in [1.807, 2.05) is 13.8 Å². The summed E-state index contributed by atoms with van der Waals surface area (Å²) in [6.07, 6.45) is 4.96. The van der Waals surface area contributed by atoms with E-state index in [-0.39, 0.29) is 11.9 Å². The lowest BCUT2D eigenvalue weighted by Crippen LogP contribution is -2.26.